The highest BCUT2D eigenvalue weighted by atomic mass is 15.1. The van der Waals surface area contributed by atoms with Crippen molar-refractivity contribution in [3.8, 4) is 11.5 Å². The Bertz CT molecular complexity index is 1020. The molecule has 0 saturated heterocycles. The van der Waals surface area contributed by atoms with Crippen molar-refractivity contribution in [2.75, 3.05) is 20.6 Å². The average molecular weight is 345 g/mol. The lowest BCUT2D eigenvalue weighted by Gasteiger charge is -2.24. The highest BCUT2D eigenvalue weighted by Crippen LogP contribution is 2.30. The summed E-state index contributed by atoms with van der Waals surface area (Å²) in [5.41, 5.74) is 9.88. The Morgan fingerprint density at radius 3 is 2.58 bits per heavy atom. The maximum absolute atomic E-state index is 5.87. The van der Waals surface area contributed by atoms with Gasteiger partial charge in [-0.1, -0.05) is 36.4 Å². The summed E-state index contributed by atoms with van der Waals surface area (Å²) in [6.07, 6.45) is 0.847. The number of nitrogens with two attached hydrogens (primary N) is 1. The first kappa shape index (κ1) is 16.7. The van der Waals surface area contributed by atoms with Crippen LogP contribution in [0, 0.1) is 0 Å². The van der Waals surface area contributed by atoms with Gasteiger partial charge < -0.3 is 15.6 Å². The summed E-state index contributed by atoms with van der Waals surface area (Å²) in [6.45, 7) is 0.614. The highest BCUT2D eigenvalue weighted by molar-refractivity contribution is 5.87. The van der Waals surface area contributed by atoms with E-state index in [1.165, 1.54) is 0 Å². The van der Waals surface area contributed by atoms with Crippen molar-refractivity contribution in [2.24, 2.45) is 5.73 Å². The van der Waals surface area contributed by atoms with Gasteiger partial charge >= 0.3 is 0 Å². The number of H-pyrrole nitrogens is 1. The Labute approximate surface area is 152 Å². The number of aromatic amines is 1. The minimum absolute atomic E-state index is 0.149. The molecule has 0 saturated carbocycles. The maximum Gasteiger partial charge on any atom is 0.176 e. The summed E-state index contributed by atoms with van der Waals surface area (Å²) >= 11 is 0. The molecule has 0 aliphatic heterocycles. The van der Waals surface area contributed by atoms with Gasteiger partial charge in [-0.15, -0.1) is 0 Å². The molecule has 4 aromatic rings. The summed E-state index contributed by atoms with van der Waals surface area (Å²) in [6, 6.07) is 18.7. The molecular weight excluding hydrogens is 322 g/mol. The monoisotopic (exact) mass is 345 g/mol. The number of para-hydroxylation sites is 2. The van der Waals surface area contributed by atoms with Crippen LogP contribution in [0.4, 0.5) is 0 Å². The van der Waals surface area contributed by atoms with E-state index < -0.39 is 0 Å². The lowest BCUT2D eigenvalue weighted by Crippen LogP contribution is -2.24. The van der Waals surface area contributed by atoms with E-state index in [0.29, 0.717) is 6.54 Å². The van der Waals surface area contributed by atoms with Gasteiger partial charge in [0.2, 0.25) is 0 Å². The molecule has 3 N–H and O–H groups in total. The van der Waals surface area contributed by atoms with Crippen LogP contribution in [-0.2, 0) is 0 Å². The van der Waals surface area contributed by atoms with E-state index in [0.717, 1.165) is 45.4 Å². The minimum atomic E-state index is 0.149. The molecular formula is C21H23N5. The van der Waals surface area contributed by atoms with E-state index in [2.05, 4.69) is 48.2 Å². The quantitative estimate of drug-likeness (QED) is 0.578. The molecule has 26 heavy (non-hydrogen) atoms. The third-order valence-corrected chi connectivity index (χ3v) is 4.78. The van der Waals surface area contributed by atoms with Gasteiger partial charge in [-0.05, 0) is 45.3 Å². The molecule has 132 valence electrons. The molecule has 5 heteroatoms. The van der Waals surface area contributed by atoms with E-state index in [1.807, 2.05) is 30.3 Å². The zero-order valence-electron chi connectivity index (χ0n) is 15.1. The number of fused-ring (bicyclic) bond motifs is 2. The summed E-state index contributed by atoms with van der Waals surface area (Å²) < 4.78 is 0. The van der Waals surface area contributed by atoms with Crippen molar-refractivity contribution in [3.05, 3.63) is 60.3 Å². The Morgan fingerprint density at radius 2 is 1.81 bits per heavy atom. The van der Waals surface area contributed by atoms with Crippen LogP contribution >= 0.6 is 0 Å². The second kappa shape index (κ2) is 6.86. The lowest BCUT2D eigenvalue weighted by molar-refractivity contribution is 0.283. The van der Waals surface area contributed by atoms with Crippen molar-refractivity contribution in [3.63, 3.8) is 0 Å². The van der Waals surface area contributed by atoms with E-state index in [1.54, 1.807) is 0 Å². The maximum atomic E-state index is 5.87. The largest absolute Gasteiger partial charge is 0.352 e. The molecule has 0 bridgehead atoms. The summed E-state index contributed by atoms with van der Waals surface area (Å²) in [5.74, 6) is 0.721. The second-order valence-corrected chi connectivity index (χ2v) is 6.78. The number of rotatable bonds is 5. The second-order valence-electron chi connectivity index (χ2n) is 6.78. The zero-order valence-corrected chi connectivity index (χ0v) is 15.1. The fourth-order valence-corrected chi connectivity index (χ4v) is 3.47. The molecule has 1 atom stereocenters. The van der Waals surface area contributed by atoms with Crippen molar-refractivity contribution >= 4 is 21.8 Å². The third-order valence-electron chi connectivity index (χ3n) is 4.78. The fourth-order valence-electron chi connectivity index (χ4n) is 3.47. The number of hydrogen-bond donors (Lipinski definition) is 2. The fraction of sp³-hybridized carbons (Fsp3) is 0.238. The molecule has 0 aliphatic rings. The van der Waals surface area contributed by atoms with Gasteiger partial charge in [0.15, 0.2) is 5.82 Å². The molecule has 2 aromatic carbocycles. The number of nitrogens with zero attached hydrogens (tertiary/aromatic N) is 3. The van der Waals surface area contributed by atoms with Crippen LogP contribution in [0.1, 0.15) is 18.2 Å². The number of aromatic nitrogens is 3. The zero-order chi connectivity index (χ0) is 18.1. The molecule has 1 unspecified atom stereocenters. The van der Waals surface area contributed by atoms with Crippen LogP contribution in [-0.4, -0.2) is 40.5 Å². The van der Waals surface area contributed by atoms with E-state index in [9.17, 15) is 0 Å². The van der Waals surface area contributed by atoms with Gasteiger partial charge in [0.25, 0.3) is 0 Å². The van der Waals surface area contributed by atoms with Crippen LogP contribution < -0.4 is 5.73 Å². The van der Waals surface area contributed by atoms with E-state index >= 15 is 0 Å². The van der Waals surface area contributed by atoms with Crippen LogP contribution in [0.5, 0.6) is 0 Å². The first-order valence-electron chi connectivity index (χ1n) is 8.88. The summed E-state index contributed by atoms with van der Waals surface area (Å²) in [7, 11) is 4.14. The van der Waals surface area contributed by atoms with E-state index in [4.69, 9.17) is 15.7 Å². The smallest absolute Gasteiger partial charge is 0.176 e. The molecule has 0 radical (unpaired) electrons. The predicted octanol–water partition coefficient (Wildman–Crippen LogP) is 3.73. The first-order valence-corrected chi connectivity index (χ1v) is 8.88. The van der Waals surface area contributed by atoms with Crippen LogP contribution in [0.3, 0.4) is 0 Å². The number of nitrogens with one attached hydrogen (secondary N) is 1. The van der Waals surface area contributed by atoms with Crippen molar-refractivity contribution in [2.45, 2.75) is 12.5 Å². The van der Waals surface area contributed by atoms with Gasteiger partial charge in [0.1, 0.15) is 0 Å². The van der Waals surface area contributed by atoms with Crippen LogP contribution in [0.25, 0.3) is 33.3 Å². The highest BCUT2D eigenvalue weighted by Gasteiger charge is 2.20. The minimum Gasteiger partial charge on any atom is -0.352 e. The molecule has 4 rings (SSSR count). The first-order chi connectivity index (χ1) is 12.7. The van der Waals surface area contributed by atoms with Gasteiger partial charge in [-0.2, -0.15) is 0 Å². The average Bonchev–Trinajstić information content (AvgIpc) is 3.09. The number of benzene rings is 2. The summed E-state index contributed by atoms with van der Waals surface area (Å²) in [5, 5.41) is 2.24. The van der Waals surface area contributed by atoms with Crippen LogP contribution in [0.15, 0.2) is 54.6 Å². The normalized spacial score (nSPS) is 12.9. The molecule has 0 aliphatic carbocycles. The Kier molecular flexibility index (Phi) is 4.41. The SMILES string of the molecule is CN(C)C(CCN)c1nc(-c2cc3ccccc3[nH]2)nc2ccccc12. The number of hydrogen-bond acceptors (Lipinski definition) is 4. The summed E-state index contributed by atoms with van der Waals surface area (Å²) in [4.78, 5) is 15.4. The van der Waals surface area contributed by atoms with Gasteiger partial charge in [0.05, 0.1) is 22.9 Å². The van der Waals surface area contributed by atoms with Crippen molar-refractivity contribution in [1.29, 1.82) is 0 Å². The standard InChI is InChI=1S/C21H23N5/c1-26(2)19(11-12-22)20-15-8-4-6-10-17(15)24-21(25-20)18-13-14-7-3-5-9-16(14)23-18/h3-10,13,19,23H,11-12,22H2,1-2H3. The third kappa shape index (κ3) is 2.96. The lowest BCUT2D eigenvalue weighted by atomic mass is 10.0. The van der Waals surface area contributed by atoms with Crippen molar-refractivity contribution < 1.29 is 0 Å². The topological polar surface area (TPSA) is 70.8 Å². The molecule has 2 aromatic heterocycles. The molecule has 0 amide bonds. The van der Waals surface area contributed by atoms with Gasteiger partial charge in [-0.3, -0.25) is 0 Å². The Hall–Kier alpha value is -2.76. The predicted molar refractivity (Wildman–Crippen MR) is 107 cm³/mol. The van der Waals surface area contributed by atoms with E-state index in [-0.39, 0.29) is 6.04 Å². The molecule has 2 heterocycles. The van der Waals surface area contributed by atoms with Gasteiger partial charge in [-0.25, -0.2) is 9.97 Å². The Morgan fingerprint density at radius 1 is 1.04 bits per heavy atom. The van der Waals surface area contributed by atoms with Crippen molar-refractivity contribution in [1.82, 2.24) is 19.9 Å². The Balaban J connectivity index is 1.93. The molecule has 0 fully saturated rings. The van der Waals surface area contributed by atoms with Crippen LogP contribution in [0.2, 0.25) is 0 Å². The molecule has 5 nitrogen and oxygen atoms in total. The van der Waals surface area contributed by atoms with Gasteiger partial charge in [0, 0.05) is 16.3 Å². The molecule has 0 spiro atoms.